The molecule has 5 nitrogen and oxygen atoms in total. The maximum atomic E-state index is 11.1. The minimum atomic E-state index is -0.525. The molecule has 0 unspecified atom stereocenters. The van der Waals surface area contributed by atoms with E-state index in [1.807, 2.05) is 0 Å². The van der Waals surface area contributed by atoms with Gasteiger partial charge in [-0.3, -0.25) is 9.59 Å². The highest BCUT2D eigenvalue weighted by Crippen LogP contribution is 2.05. The molecule has 0 radical (unpaired) electrons. The van der Waals surface area contributed by atoms with Crippen molar-refractivity contribution in [2.45, 2.75) is 26.4 Å². The Morgan fingerprint density at radius 3 is 2.29 bits per heavy atom. The predicted octanol–water partition coefficient (Wildman–Crippen LogP) is 0.0907. The van der Waals surface area contributed by atoms with Gasteiger partial charge in [0.05, 0.1) is 0 Å². The van der Waals surface area contributed by atoms with Crippen LogP contribution in [0.15, 0.2) is 0 Å². The van der Waals surface area contributed by atoms with E-state index in [1.54, 1.807) is 20.8 Å². The summed E-state index contributed by atoms with van der Waals surface area (Å²) in [6, 6.07) is 0. The molecule has 0 aliphatic heterocycles. The maximum absolute atomic E-state index is 11.1. The van der Waals surface area contributed by atoms with E-state index in [4.69, 9.17) is 4.74 Å². The third-order valence-electron chi connectivity index (χ3n) is 1.13. The molecule has 0 spiro atoms. The fraction of sp³-hybridized carbons (Fsp3) is 0.778. The molecule has 0 atom stereocenters. The number of ether oxygens (including phenoxy) is 2. The summed E-state index contributed by atoms with van der Waals surface area (Å²) in [4.78, 5) is 22.0. The molecule has 0 bridgehead atoms. The highest BCUT2D eigenvalue weighted by molar-refractivity contribution is 5.82. The minimum Gasteiger partial charge on any atom is -0.459 e. The van der Waals surface area contributed by atoms with Gasteiger partial charge in [-0.25, -0.2) is 0 Å². The van der Waals surface area contributed by atoms with E-state index in [2.05, 4.69) is 10.1 Å². The molecule has 0 saturated heterocycles. The number of nitrogens with one attached hydrogen (secondary N) is 1. The van der Waals surface area contributed by atoms with Crippen LogP contribution in [-0.4, -0.2) is 37.7 Å². The third-order valence-corrected chi connectivity index (χ3v) is 1.13. The molecule has 0 fully saturated rings. The molecule has 0 saturated carbocycles. The molecule has 0 aliphatic rings. The third kappa shape index (κ3) is 7.54. The van der Waals surface area contributed by atoms with Crippen molar-refractivity contribution in [2.24, 2.45) is 0 Å². The molecular weight excluding hydrogens is 186 g/mol. The van der Waals surface area contributed by atoms with Gasteiger partial charge in [0.25, 0.3) is 0 Å². The molecule has 0 rings (SSSR count). The molecule has 1 N–H and O–H groups in total. The van der Waals surface area contributed by atoms with Crippen molar-refractivity contribution in [1.82, 2.24) is 5.32 Å². The lowest BCUT2D eigenvalue weighted by Crippen LogP contribution is -2.36. The van der Waals surface area contributed by atoms with Gasteiger partial charge in [-0.1, -0.05) is 0 Å². The first-order valence-corrected chi connectivity index (χ1v) is 4.32. The Labute approximate surface area is 83.8 Å². The van der Waals surface area contributed by atoms with Crippen LogP contribution in [0.3, 0.4) is 0 Å². The molecule has 0 heterocycles. The normalized spacial score (nSPS) is 10.9. The summed E-state index contributed by atoms with van der Waals surface area (Å²) in [5, 5.41) is 2.37. The summed E-state index contributed by atoms with van der Waals surface area (Å²) < 4.78 is 9.54. The van der Waals surface area contributed by atoms with Crippen LogP contribution in [0.2, 0.25) is 0 Å². The first kappa shape index (κ1) is 12.9. The molecular formula is C9H17NO4. The fourth-order valence-corrected chi connectivity index (χ4v) is 0.730. The van der Waals surface area contributed by atoms with Gasteiger partial charge >= 0.3 is 5.97 Å². The molecule has 0 aromatic carbocycles. The van der Waals surface area contributed by atoms with E-state index in [9.17, 15) is 9.59 Å². The SMILES string of the molecule is COCC(=O)NCC(=O)OC(C)(C)C. The largest absolute Gasteiger partial charge is 0.459 e. The zero-order valence-corrected chi connectivity index (χ0v) is 9.05. The van der Waals surface area contributed by atoms with Gasteiger partial charge in [0.1, 0.15) is 18.8 Å². The van der Waals surface area contributed by atoms with Crippen molar-refractivity contribution in [1.29, 1.82) is 0 Å². The van der Waals surface area contributed by atoms with Crippen molar-refractivity contribution in [3.63, 3.8) is 0 Å². The van der Waals surface area contributed by atoms with Crippen molar-refractivity contribution >= 4 is 11.9 Å². The molecule has 0 aliphatic carbocycles. The molecule has 0 aromatic rings. The molecule has 0 aromatic heterocycles. The highest BCUT2D eigenvalue weighted by Gasteiger charge is 2.16. The van der Waals surface area contributed by atoms with Crippen molar-refractivity contribution < 1.29 is 19.1 Å². The Bertz CT molecular complexity index is 207. The smallest absolute Gasteiger partial charge is 0.325 e. The Balaban J connectivity index is 3.70. The van der Waals surface area contributed by atoms with Crippen molar-refractivity contribution in [3.05, 3.63) is 0 Å². The van der Waals surface area contributed by atoms with Gasteiger partial charge in [0.15, 0.2) is 0 Å². The van der Waals surface area contributed by atoms with Gasteiger partial charge in [-0.05, 0) is 20.8 Å². The van der Waals surface area contributed by atoms with Crippen molar-refractivity contribution in [3.8, 4) is 0 Å². The second kappa shape index (κ2) is 5.59. The topological polar surface area (TPSA) is 64.6 Å². The number of esters is 1. The monoisotopic (exact) mass is 203 g/mol. The Morgan fingerprint density at radius 2 is 1.86 bits per heavy atom. The fourth-order valence-electron chi connectivity index (χ4n) is 0.730. The Hall–Kier alpha value is -1.10. The lowest BCUT2D eigenvalue weighted by Gasteiger charge is -2.19. The molecule has 5 heteroatoms. The van der Waals surface area contributed by atoms with Gasteiger partial charge in [-0.15, -0.1) is 0 Å². The summed E-state index contributed by atoms with van der Waals surface area (Å²) in [6.07, 6.45) is 0. The van der Waals surface area contributed by atoms with E-state index in [0.29, 0.717) is 0 Å². The van der Waals surface area contributed by atoms with Gasteiger partial charge in [0, 0.05) is 7.11 Å². The van der Waals surface area contributed by atoms with E-state index >= 15 is 0 Å². The van der Waals surface area contributed by atoms with Gasteiger partial charge in [0.2, 0.25) is 5.91 Å². The Morgan fingerprint density at radius 1 is 1.29 bits per heavy atom. The van der Waals surface area contributed by atoms with E-state index in [-0.39, 0.29) is 19.1 Å². The van der Waals surface area contributed by atoms with Crippen molar-refractivity contribution in [2.75, 3.05) is 20.3 Å². The number of carbonyl (C=O) groups excluding carboxylic acids is 2. The van der Waals surface area contributed by atoms with Crippen LogP contribution in [-0.2, 0) is 19.1 Å². The van der Waals surface area contributed by atoms with E-state index in [0.717, 1.165) is 0 Å². The lowest BCUT2D eigenvalue weighted by molar-refractivity contribution is -0.154. The summed E-state index contributed by atoms with van der Waals surface area (Å²) in [7, 11) is 1.41. The minimum absolute atomic E-state index is 0.0528. The van der Waals surface area contributed by atoms with Crippen LogP contribution in [0.4, 0.5) is 0 Å². The number of carbonyl (C=O) groups is 2. The van der Waals surface area contributed by atoms with Crippen LogP contribution in [0.25, 0.3) is 0 Å². The van der Waals surface area contributed by atoms with Crippen LogP contribution in [0, 0.1) is 0 Å². The zero-order chi connectivity index (χ0) is 11.2. The maximum Gasteiger partial charge on any atom is 0.325 e. The zero-order valence-electron chi connectivity index (χ0n) is 9.05. The summed E-state index contributed by atoms with van der Waals surface area (Å²) in [5.41, 5.74) is -0.525. The van der Waals surface area contributed by atoms with Gasteiger partial charge in [-0.2, -0.15) is 0 Å². The quantitative estimate of drug-likeness (QED) is 0.658. The average Bonchev–Trinajstić information content (AvgIpc) is 1.98. The second-order valence-corrected chi connectivity index (χ2v) is 3.80. The lowest BCUT2D eigenvalue weighted by atomic mass is 10.2. The van der Waals surface area contributed by atoms with Crippen LogP contribution >= 0.6 is 0 Å². The van der Waals surface area contributed by atoms with Crippen LogP contribution in [0.5, 0.6) is 0 Å². The number of methoxy groups -OCH3 is 1. The van der Waals surface area contributed by atoms with Crippen LogP contribution < -0.4 is 5.32 Å². The molecule has 1 amide bonds. The highest BCUT2D eigenvalue weighted by atomic mass is 16.6. The summed E-state index contributed by atoms with van der Waals surface area (Å²) in [6.45, 7) is 5.12. The van der Waals surface area contributed by atoms with E-state index < -0.39 is 11.6 Å². The molecule has 82 valence electrons. The first-order valence-electron chi connectivity index (χ1n) is 4.32. The predicted molar refractivity (Wildman–Crippen MR) is 50.7 cm³/mol. The standard InChI is InChI=1S/C9H17NO4/c1-9(2,3)14-8(12)5-10-7(11)6-13-4/h5-6H2,1-4H3,(H,10,11). The average molecular weight is 203 g/mol. The van der Waals surface area contributed by atoms with Gasteiger partial charge < -0.3 is 14.8 Å². The Kier molecular flexibility index (Phi) is 5.15. The van der Waals surface area contributed by atoms with Crippen LogP contribution in [0.1, 0.15) is 20.8 Å². The number of hydrogen-bond acceptors (Lipinski definition) is 4. The second-order valence-electron chi connectivity index (χ2n) is 3.80. The summed E-state index contributed by atoms with van der Waals surface area (Å²) >= 11 is 0. The molecule has 14 heavy (non-hydrogen) atoms. The van der Waals surface area contributed by atoms with E-state index in [1.165, 1.54) is 7.11 Å². The number of hydrogen-bond donors (Lipinski definition) is 1. The summed E-state index contributed by atoms with van der Waals surface area (Å²) in [5.74, 6) is -0.791. The first-order chi connectivity index (χ1) is 6.35. The number of rotatable bonds is 4. The number of amides is 1.